The first-order valence-corrected chi connectivity index (χ1v) is 8.13. The van der Waals surface area contributed by atoms with Crippen LogP contribution in [0.2, 0.25) is 0 Å². The standard InChI is InChI=1S/C20H25NO2/c1-15(2)21-13-7-9-18-14-17(11-12-19(18)21)16(3)8-5-4-6-10-20(22)23/h4-6,8,10-12,14-15H,7,9,13H2,1-3H3,(H,22,23)/b5-4+,10-6+,16-8+. The molecule has 1 heterocycles. The minimum Gasteiger partial charge on any atom is -0.478 e. The van der Waals surface area contributed by atoms with Crippen molar-refractivity contribution in [2.45, 2.75) is 39.7 Å². The lowest BCUT2D eigenvalue weighted by atomic mass is 9.95. The van der Waals surface area contributed by atoms with E-state index in [1.807, 2.05) is 12.2 Å². The zero-order valence-electron chi connectivity index (χ0n) is 14.1. The number of carboxylic acid groups (broad SMARTS) is 1. The van der Waals surface area contributed by atoms with Crippen LogP contribution in [0.3, 0.4) is 0 Å². The Bertz CT molecular complexity index is 654. The summed E-state index contributed by atoms with van der Waals surface area (Å²) in [4.78, 5) is 12.9. The van der Waals surface area contributed by atoms with E-state index >= 15 is 0 Å². The molecule has 0 unspecified atom stereocenters. The maximum Gasteiger partial charge on any atom is 0.328 e. The Morgan fingerprint density at radius 3 is 2.74 bits per heavy atom. The van der Waals surface area contributed by atoms with E-state index in [0.29, 0.717) is 6.04 Å². The third-order valence-corrected chi connectivity index (χ3v) is 4.12. The molecule has 3 heteroatoms. The number of hydrogen-bond acceptors (Lipinski definition) is 2. The van der Waals surface area contributed by atoms with Gasteiger partial charge in [-0.1, -0.05) is 30.4 Å². The van der Waals surface area contributed by atoms with Gasteiger partial charge in [0.05, 0.1) is 0 Å². The van der Waals surface area contributed by atoms with Crippen molar-refractivity contribution in [3.05, 3.63) is 59.7 Å². The van der Waals surface area contributed by atoms with Crippen LogP contribution >= 0.6 is 0 Å². The number of anilines is 1. The average molecular weight is 311 g/mol. The predicted octanol–water partition coefficient (Wildman–Crippen LogP) is 4.45. The molecule has 1 aromatic rings. The van der Waals surface area contributed by atoms with Gasteiger partial charge in [0.2, 0.25) is 0 Å². The second-order valence-corrected chi connectivity index (χ2v) is 6.17. The summed E-state index contributed by atoms with van der Waals surface area (Å²) >= 11 is 0. The largest absolute Gasteiger partial charge is 0.478 e. The molecule has 0 aliphatic carbocycles. The Balaban J connectivity index is 2.16. The van der Waals surface area contributed by atoms with E-state index in [1.54, 1.807) is 6.08 Å². The number of rotatable bonds is 5. The molecule has 23 heavy (non-hydrogen) atoms. The van der Waals surface area contributed by atoms with E-state index in [1.165, 1.54) is 34.9 Å². The molecule has 1 aliphatic rings. The van der Waals surface area contributed by atoms with Crippen LogP contribution in [0.1, 0.15) is 38.3 Å². The summed E-state index contributed by atoms with van der Waals surface area (Å²) < 4.78 is 0. The molecule has 0 radical (unpaired) electrons. The highest BCUT2D eigenvalue weighted by Crippen LogP contribution is 2.31. The third-order valence-electron chi connectivity index (χ3n) is 4.12. The highest BCUT2D eigenvalue weighted by atomic mass is 16.4. The van der Waals surface area contributed by atoms with Crippen molar-refractivity contribution >= 4 is 17.2 Å². The van der Waals surface area contributed by atoms with Gasteiger partial charge in [0.15, 0.2) is 0 Å². The summed E-state index contributed by atoms with van der Waals surface area (Å²) in [6, 6.07) is 7.22. The first-order valence-electron chi connectivity index (χ1n) is 8.13. The van der Waals surface area contributed by atoms with Gasteiger partial charge in [0.25, 0.3) is 0 Å². The Labute approximate surface area is 138 Å². The Morgan fingerprint density at radius 1 is 1.26 bits per heavy atom. The van der Waals surface area contributed by atoms with Gasteiger partial charge in [-0.2, -0.15) is 0 Å². The topological polar surface area (TPSA) is 40.5 Å². The third kappa shape index (κ3) is 4.59. The van der Waals surface area contributed by atoms with Crippen LogP contribution in [0, 0.1) is 0 Å². The monoisotopic (exact) mass is 311 g/mol. The van der Waals surface area contributed by atoms with Gasteiger partial charge in [-0.15, -0.1) is 0 Å². The second kappa shape index (κ2) is 7.82. The van der Waals surface area contributed by atoms with E-state index in [4.69, 9.17) is 5.11 Å². The number of aliphatic carboxylic acids is 1. The fourth-order valence-corrected chi connectivity index (χ4v) is 2.91. The second-order valence-electron chi connectivity index (χ2n) is 6.17. The van der Waals surface area contributed by atoms with Crippen molar-refractivity contribution in [1.29, 1.82) is 0 Å². The van der Waals surface area contributed by atoms with E-state index < -0.39 is 5.97 Å². The van der Waals surface area contributed by atoms with E-state index in [-0.39, 0.29) is 0 Å². The summed E-state index contributed by atoms with van der Waals surface area (Å²) in [5.41, 5.74) is 5.18. The van der Waals surface area contributed by atoms with Crippen molar-refractivity contribution in [2.24, 2.45) is 0 Å². The lowest BCUT2D eigenvalue weighted by Crippen LogP contribution is -2.35. The summed E-state index contributed by atoms with van der Waals surface area (Å²) in [6.45, 7) is 7.70. The zero-order chi connectivity index (χ0) is 16.8. The fourth-order valence-electron chi connectivity index (χ4n) is 2.91. The van der Waals surface area contributed by atoms with Crippen molar-refractivity contribution in [2.75, 3.05) is 11.4 Å². The number of carboxylic acids is 1. The van der Waals surface area contributed by atoms with Gasteiger partial charge in [0.1, 0.15) is 0 Å². The average Bonchev–Trinajstić information content (AvgIpc) is 2.52. The first kappa shape index (κ1) is 17.1. The van der Waals surface area contributed by atoms with Crippen LogP contribution in [0.15, 0.2) is 48.6 Å². The molecule has 0 aromatic heterocycles. The van der Waals surface area contributed by atoms with Gasteiger partial charge in [-0.05, 0) is 62.4 Å². The minimum absolute atomic E-state index is 0.528. The smallest absolute Gasteiger partial charge is 0.328 e. The summed E-state index contributed by atoms with van der Waals surface area (Å²) in [7, 11) is 0. The normalized spacial score (nSPS) is 15.7. The van der Waals surface area contributed by atoms with E-state index in [2.05, 4.69) is 43.9 Å². The number of allylic oxidation sites excluding steroid dienone is 5. The molecule has 3 nitrogen and oxygen atoms in total. The molecule has 0 bridgehead atoms. The molecule has 0 saturated heterocycles. The van der Waals surface area contributed by atoms with E-state index in [0.717, 1.165) is 19.0 Å². The van der Waals surface area contributed by atoms with Crippen LogP contribution in [0.4, 0.5) is 5.69 Å². The van der Waals surface area contributed by atoms with Gasteiger partial charge in [-0.25, -0.2) is 4.79 Å². The number of aryl methyl sites for hydroxylation is 1. The van der Waals surface area contributed by atoms with Gasteiger partial charge >= 0.3 is 5.97 Å². The van der Waals surface area contributed by atoms with Crippen LogP contribution < -0.4 is 4.90 Å². The lowest BCUT2D eigenvalue weighted by molar-refractivity contribution is -0.131. The van der Waals surface area contributed by atoms with Crippen LogP contribution in [-0.4, -0.2) is 23.7 Å². The molecular formula is C20H25NO2. The number of nitrogens with zero attached hydrogens (tertiary/aromatic N) is 1. The molecule has 1 aromatic carbocycles. The Hall–Kier alpha value is -2.29. The summed E-state index contributed by atoms with van der Waals surface area (Å²) in [5.74, 6) is -0.931. The molecule has 0 atom stereocenters. The molecule has 1 N–H and O–H groups in total. The number of carbonyl (C=O) groups is 1. The lowest BCUT2D eigenvalue weighted by Gasteiger charge is -2.35. The molecule has 122 valence electrons. The number of hydrogen-bond donors (Lipinski definition) is 1. The first-order chi connectivity index (χ1) is 11.0. The molecule has 0 saturated carbocycles. The van der Waals surface area contributed by atoms with Gasteiger partial charge in [-0.3, -0.25) is 0 Å². The molecule has 0 amide bonds. The maximum atomic E-state index is 10.4. The Kier molecular flexibility index (Phi) is 5.80. The van der Waals surface area contributed by atoms with Crippen LogP contribution in [0.5, 0.6) is 0 Å². The van der Waals surface area contributed by atoms with Crippen molar-refractivity contribution < 1.29 is 9.90 Å². The minimum atomic E-state index is -0.931. The molecular weight excluding hydrogens is 286 g/mol. The van der Waals surface area contributed by atoms with Gasteiger partial charge in [0, 0.05) is 24.4 Å². The molecule has 2 rings (SSSR count). The molecule has 1 aliphatic heterocycles. The van der Waals surface area contributed by atoms with Crippen molar-refractivity contribution in [1.82, 2.24) is 0 Å². The predicted molar refractivity (Wildman–Crippen MR) is 96.8 cm³/mol. The van der Waals surface area contributed by atoms with E-state index in [9.17, 15) is 4.79 Å². The summed E-state index contributed by atoms with van der Waals surface area (Å²) in [6.07, 6.45) is 10.6. The molecule has 0 spiro atoms. The Morgan fingerprint density at radius 2 is 2.04 bits per heavy atom. The SMILES string of the molecule is C\C(=C/C=C/C=C/C(=O)O)c1ccc2c(c1)CCCN2C(C)C. The van der Waals surface area contributed by atoms with Crippen LogP contribution in [-0.2, 0) is 11.2 Å². The van der Waals surface area contributed by atoms with Gasteiger partial charge < -0.3 is 10.0 Å². The maximum absolute atomic E-state index is 10.4. The number of fused-ring (bicyclic) bond motifs is 1. The van der Waals surface area contributed by atoms with Crippen molar-refractivity contribution in [3.63, 3.8) is 0 Å². The molecule has 0 fully saturated rings. The number of benzene rings is 1. The summed E-state index contributed by atoms with van der Waals surface area (Å²) in [5, 5.41) is 8.53. The quantitative estimate of drug-likeness (QED) is 0.645. The highest BCUT2D eigenvalue weighted by Gasteiger charge is 2.19. The van der Waals surface area contributed by atoms with Crippen molar-refractivity contribution in [3.8, 4) is 0 Å². The van der Waals surface area contributed by atoms with Crippen LogP contribution in [0.25, 0.3) is 5.57 Å². The zero-order valence-corrected chi connectivity index (χ0v) is 14.1. The fraction of sp³-hybridized carbons (Fsp3) is 0.350. The highest BCUT2D eigenvalue weighted by molar-refractivity contribution is 5.80.